The van der Waals surface area contributed by atoms with Gasteiger partial charge in [-0.1, -0.05) is 60.7 Å². The summed E-state index contributed by atoms with van der Waals surface area (Å²) >= 11 is 0. The second-order valence-corrected chi connectivity index (χ2v) is 5.47. The molecule has 2 aromatic carbocycles. The predicted molar refractivity (Wildman–Crippen MR) is 97.4 cm³/mol. The lowest BCUT2D eigenvalue weighted by Crippen LogP contribution is -2.13. The van der Waals surface area contributed by atoms with Gasteiger partial charge in [-0.15, -0.1) is 0 Å². The number of carbonyl (C=O) groups excluding carboxylic acids is 1. The van der Waals surface area contributed by atoms with Crippen molar-refractivity contribution in [3.8, 4) is 22.6 Å². The van der Waals surface area contributed by atoms with Gasteiger partial charge < -0.3 is 4.42 Å². The van der Waals surface area contributed by atoms with Crippen molar-refractivity contribution in [3.63, 3.8) is 0 Å². The van der Waals surface area contributed by atoms with E-state index in [1.807, 2.05) is 60.7 Å². The maximum Gasteiger partial charge on any atom is 0.302 e. The van der Waals surface area contributed by atoms with Gasteiger partial charge in [0.15, 0.2) is 5.76 Å². The fourth-order valence-corrected chi connectivity index (χ4v) is 2.53. The van der Waals surface area contributed by atoms with E-state index < -0.39 is 5.91 Å². The molecule has 2 heterocycles. The molecule has 0 aliphatic carbocycles. The molecule has 6 heteroatoms. The van der Waals surface area contributed by atoms with Crippen molar-refractivity contribution in [3.05, 3.63) is 84.9 Å². The smallest absolute Gasteiger partial charge is 0.302 e. The third kappa shape index (κ3) is 3.21. The average molecular weight is 342 g/mol. The molecule has 1 amide bonds. The van der Waals surface area contributed by atoms with Crippen LogP contribution < -0.4 is 5.32 Å². The largest absolute Gasteiger partial charge is 0.423 e. The number of rotatable bonds is 4. The minimum atomic E-state index is -0.432. The van der Waals surface area contributed by atoms with Crippen molar-refractivity contribution in [1.82, 2.24) is 15.0 Å². The summed E-state index contributed by atoms with van der Waals surface area (Å²) in [6, 6.07) is 19.4. The van der Waals surface area contributed by atoms with Crippen LogP contribution in [0, 0.1) is 0 Å². The van der Waals surface area contributed by atoms with E-state index in [-0.39, 0.29) is 11.7 Å². The normalized spacial score (nSPS) is 10.5. The maximum absolute atomic E-state index is 12.3. The first-order valence-corrected chi connectivity index (χ1v) is 8.00. The molecule has 0 radical (unpaired) electrons. The molecule has 0 fully saturated rings. The van der Waals surface area contributed by atoms with Gasteiger partial charge in [-0.3, -0.25) is 15.1 Å². The fraction of sp³-hybridized carbons (Fsp3) is 0. The molecule has 2 aromatic heterocycles. The summed E-state index contributed by atoms with van der Waals surface area (Å²) in [6.07, 6.45) is 4.34. The minimum Gasteiger partial charge on any atom is -0.423 e. The molecule has 0 unspecified atom stereocenters. The molecule has 4 aromatic rings. The van der Waals surface area contributed by atoms with E-state index in [9.17, 15) is 4.79 Å². The highest BCUT2D eigenvalue weighted by molar-refractivity contribution is 6.01. The van der Waals surface area contributed by atoms with Crippen LogP contribution in [0.4, 0.5) is 6.01 Å². The number of nitrogens with zero attached hydrogens (tertiary/aromatic N) is 3. The number of oxazole rings is 1. The zero-order valence-corrected chi connectivity index (χ0v) is 13.7. The number of anilines is 1. The zero-order valence-electron chi connectivity index (χ0n) is 13.7. The van der Waals surface area contributed by atoms with E-state index in [0.717, 1.165) is 11.1 Å². The van der Waals surface area contributed by atoms with E-state index in [0.29, 0.717) is 11.5 Å². The summed E-state index contributed by atoms with van der Waals surface area (Å²) < 4.78 is 5.86. The first-order valence-electron chi connectivity index (χ1n) is 8.00. The Morgan fingerprint density at radius 1 is 0.885 bits per heavy atom. The van der Waals surface area contributed by atoms with Gasteiger partial charge in [-0.25, -0.2) is 4.98 Å². The molecule has 0 aliphatic rings. The molecular formula is C20H14N4O2. The first kappa shape index (κ1) is 15.7. The average Bonchev–Trinajstić information content (AvgIpc) is 3.14. The number of aromatic nitrogens is 3. The Kier molecular flexibility index (Phi) is 4.22. The summed E-state index contributed by atoms with van der Waals surface area (Å²) in [5.41, 5.74) is 2.62. The molecule has 0 aliphatic heterocycles. The molecular weight excluding hydrogens is 328 g/mol. The van der Waals surface area contributed by atoms with Gasteiger partial charge in [0.05, 0.1) is 6.20 Å². The molecule has 6 nitrogen and oxygen atoms in total. The number of carbonyl (C=O) groups is 1. The summed E-state index contributed by atoms with van der Waals surface area (Å²) in [7, 11) is 0. The van der Waals surface area contributed by atoms with Crippen LogP contribution in [0.5, 0.6) is 0 Å². The zero-order chi connectivity index (χ0) is 17.8. The number of benzene rings is 2. The standard InChI is InChI=1S/C20H14N4O2/c25-19(16-13-21-11-12-22-16)24-20-23-17(14-7-3-1-4-8-14)18(26-20)15-9-5-2-6-10-15/h1-13H,(H,23,24,25). The van der Waals surface area contributed by atoms with E-state index in [4.69, 9.17) is 4.42 Å². The van der Waals surface area contributed by atoms with Gasteiger partial charge in [0.1, 0.15) is 11.4 Å². The van der Waals surface area contributed by atoms with Crippen molar-refractivity contribution in [1.29, 1.82) is 0 Å². The van der Waals surface area contributed by atoms with Gasteiger partial charge in [0, 0.05) is 23.5 Å². The van der Waals surface area contributed by atoms with E-state index in [2.05, 4.69) is 20.3 Å². The molecule has 26 heavy (non-hydrogen) atoms. The Hall–Kier alpha value is -3.80. The van der Waals surface area contributed by atoms with Crippen molar-refractivity contribution in [2.24, 2.45) is 0 Å². The van der Waals surface area contributed by atoms with E-state index in [1.165, 1.54) is 18.6 Å². The quantitative estimate of drug-likeness (QED) is 0.605. The number of hydrogen-bond donors (Lipinski definition) is 1. The third-order valence-corrected chi connectivity index (χ3v) is 3.73. The van der Waals surface area contributed by atoms with Crippen LogP contribution >= 0.6 is 0 Å². The number of nitrogens with one attached hydrogen (secondary N) is 1. The molecule has 4 rings (SSSR count). The summed E-state index contributed by atoms with van der Waals surface area (Å²) in [6.45, 7) is 0. The number of amides is 1. The van der Waals surface area contributed by atoms with Crippen molar-refractivity contribution >= 4 is 11.9 Å². The maximum atomic E-state index is 12.3. The van der Waals surface area contributed by atoms with Crippen LogP contribution in [-0.2, 0) is 0 Å². The highest BCUT2D eigenvalue weighted by Crippen LogP contribution is 2.34. The van der Waals surface area contributed by atoms with Crippen LogP contribution in [0.1, 0.15) is 10.5 Å². The van der Waals surface area contributed by atoms with Crippen molar-refractivity contribution < 1.29 is 9.21 Å². The summed E-state index contributed by atoms with van der Waals surface area (Å²) in [4.78, 5) is 24.6. The summed E-state index contributed by atoms with van der Waals surface area (Å²) in [5.74, 6) is 0.157. The van der Waals surface area contributed by atoms with E-state index >= 15 is 0 Å². The Labute approximate surface area is 149 Å². The predicted octanol–water partition coefficient (Wildman–Crippen LogP) is 4.05. The monoisotopic (exact) mass is 342 g/mol. The van der Waals surface area contributed by atoms with E-state index in [1.54, 1.807) is 0 Å². The van der Waals surface area contributed by atoms with Gasteiger partial charge in [0.2, 0.25) is 0 Å². The SMILES string of the molecule is O=C(Nc1nc(-c2ccccc2)c(-c2ccccc2)o1)c1cnccn1. The molecule has 1 N–H and O–H groups in total. The van der Waals surface area contributed by atoms with Gasteiger partial charge in [0.25, 0.3) is 5.91 Å². The van der Waals surface area contributed by atoms with Crippen LogP contribution in [-0.4, -0.2) is 20.9 Å². The Bertz CT molecular complexity index is 959. The minimum absolute atomic E-state index is 0.110. The van der Waals surface area contributed by atoms with Crippen molar-refractivity contribution in [2.75, 3.05) is 5.32 Å². The molecule has 126 valence electrons. The number of hydrogen-bond acceptors (Lipinski definition) is 5. The van der Waals surface area contributed by atoms with Crippen LogP contribution in [0.2, 0.25) is 0 Å². The molecule has 0 saturated carbocycles. The molecule has 0 saturated heterocycles. The first-order chi connectivity index (χ1) is 12.8. The van der Waals surface area contributed by atoms with Crippen LogP contribution in [0.25, 0.3) is 22.6 Å². The van der Waals surface area contributed by atoms with Gasteiger partial charge in [-0.05, 0) is 0 Å². The Morgan fingerprint density at radius 2 is 1.58 bits per heavy atom. The second kappa shape index (κ2) is 6.98. The Balaban J connectivity index is 1.73. The lowest BCUT2D eigenvalue weighted by Gasteiger charge is -2.00. The Morgan fingerprint density at radius 3 is 2.23 bits per heavy atom. The molecule has 0 bridgehead atoms. The van der Waals surface area contributed by atoms with Crippen molar-refractivity contribution in [2.45, 2.75) is 0 Å². The van der Waals surface area contributed by atoms with Crippen LogP contribution in [0.3, 0.4) is 0 Å². The van der Waals surface area contributed by atoms with Crippen LogP contribution in [0.15, 0.2) is 83.7 Å². The highest BCUT2D eigenvalue weighted by Gasteiger charge is 2.19. The highest BCUT2D eigenvalue weighted by atomic mass is 16.4. The molecule has 0 atom stereocenters. The fourth-order valence-electron chi connectivity index (χ4n) is 2.53. The second-order valence-electron chi connectivity index (χ2n) is 5.47. The summed E-state index contributed by atoms with van der Waals surface area (Å²) in [5, 5.41) is 2.64. The van der Waals surface area contributed by atoms with Gasteiger partial charge >= 0.3 is 6.01 Å². The molecule has 0 spiro atoms. The lowest BCUT2D eigenvalue weighted by molar-refractivity contribution is 0.101. The lowest BCUT2D eigenvalue weighted by atomic mass is 10.1. The third-order valence-electron chi connectivity index (χ3n) is 3.73. The topological polar surface area (TPSA) is 80.9 Å². The van der Waals surface area contributed by atoms with Gasteiger partial charge in [-0.2, -0.15) is 4.98 Å².